The molecule has 0 saturated carbocycles. The number of halogens is 1. The molecule has 0 radical (unpaired) electrons. The Morgan fingerprint density at radius 1 is 0.905 bits per heavy atom. The summed E-state index contributed by atoms with van der Waals surface area (Å²) in [5, 5.41) is 0. The number of carbonyl (C=O) groups is 1. The van der Waals surface area contributed by atoms with Gasteiger partial charge in [0.2, 0.25) is 0 Å². The van der Waals surface area contributed by atoms with Gasteiger partial charge in [0.05, 0.1) is 0 Å². The Morgan fingerprint density at radius 3 is 1.76 bits per heavy atom. The summed E-state index contributed by atoms with van der Waals surface area (Å²) in [6.07, 6.45) is 0. The van der Waals surface area contributed by atoms with E-state index in [1.54, 1.807) is 0 Å². The van der Waals surface area contributed by atoms with Crippen molar-refractivity contribution < 1.29 is 4.79 Å². The standard InChI is InChI=1S/C14H13NO.C3H9N.ClH/c15-10-11-6-8-13(9-7-11)14(16)12-4-2-1-3-5-12;1-4(2)3;/h1-9H,10,15H2;1-3H3;1H. The fourth-order valence-electron chi connectivity index (χ4n) is 1.55. The normalized spacial score (nSPS) is 9.38. The molecule has 0 aliphatic rings. The predicted molar refractivity (Wildman–Crippen MR) is 91.1 cm³/mol. The van der Waals surface area contributed by atoms with Crippen LogP contribution in [0.1, 0.15) is 21.5 Å². The molecule has 0 fully saturated rings. The zero-order valence-electron chi connectivity index (χ0n) is 12.7. The van der Waals surface area contributed by atoms with Crippen molar-refractivity contribution in [1.29, 1.82) is 0 Å². The van der Waals surface area contributed by atoms with E-state index in [0.29, 0.717) is 17.7 Å². The highest BCUT2D eigenvalue weighted by Crippen LogP contribution is 2.10. The summed E-state index contributed by atoms with van der Waals surface area (Å²) in [6.45, 7) is 0.500. The quantitative estimate of drug-likeness (QED) is 0.887. The Labute approximate surface area is 133 Å². The van der Waals surface area contributed by atoms with Crippen molar-refractivity contribution in [2.45, 2.75) is 6.54 Å². The minimum absolute atomic E-state index is 0. The first-order valence-corrected chi connectivity index (χ1v) is 6.54. The van der Waals surface area contributed by atoms with Crippen molar-refractivity contribution in [3.05, 3.63) is 71.3 Å². The molecule has 3 nitrogen and oxygen atoms in total. The number of rotatable bonds is 3. The van der Waals surface area contributed by atoms with Crippen LogP contribution in [-0.4, -0.2) is 31.8 Å². The molecule has 2 rings (SSSR count). The maximum Gasteiger partial charge on any atom is 0.193 e. The molecule has 2 aromatic rings. The highest BCUT2D eigenvalue weighted by atomic mass is 35.5. The predicted octanol–water partition coefficient (Wildman–Crippen LogP) is 2.98. The van der Waals surface area contributed by atoms with Gasteiger partial charge in [-0.15, -0.1) is 12.4 Å². The van der Waals surface area contributed by atoms with Crippen LogP contribution in [0.25, 0.3) is 0 Å². The Morgan fingerprint density at radius 2 is 1.33 bits per heavy atom. The minimum atomic E-state index is 0. The maximum absolute atomic E-state index is 12.0. The summed E-state index contributed by atoms with van der Waals surface area (Å²) in [5.74, 6) is 0.0455. The second-order valence-electron chi connectivity index (χ2n) is 4.94. The number of hydrogen-bond acceptors (Lipinski definition) is 3. The van der Waals surface area contributed by atoms with Crippen LogP contribution in [-0.2, 0) is 6.54 Å². The molecule has 0 spiro atoms. The van der Waals surface area contributed by atoms with Gasteiger partial charge in [-0.2, -0.15) is 0 Å². The summed E-state index contributed by atoms with van der Waals surface area (Å²) in [6, 6.07) is 16.7. The second-order valence-corrected chi connectivity index (χ2v) is 4.94. The average molecular weight is 307 g/mol. The summed E-state index contributed by atoms with van der Waals surface area (Å²) >= 11 is 0. The van der Waals surface area contributed by atoms with Gasteiger partial charge in [0.15, 0.2) is 5.78 Å². The van der Waals surface area contributed by atoms with Gasteiger partial charge in [-0.3, -0.25) is 4.79 Å². The summed E-state index contributed by atoms with van der Waals surface area (Å²) in [7, 11) is 6.00. The topological polar surface area (TPSA) is 46.3 Å². The highest BCUT2D eigenvalue weighted by molar-refractivity contribution is 6.08. The number of benzene rings is 2. The Hall–Kier alpha value is -1.68. The number of ketones is 1. The molecule has 0 heterocycles. The third-order valence-corrected chi connectivity index (χ3v) is 2.49. The molecule has 21 heavy (non-hydrogen) atoms. The lowest BCUT2D eigenvalue weighted by atomic mass is 10.0. The average Bonchev–Trinajstić information content (AvgIpc) is 2.47. The van der Waals surface area contributed by atoms with E-state index < -0.39 is 0 Å². The van der Waals surface area contributed by atoms with E-state index in [2.05, 4.69) is 0 Å². The molecule has 2 N–H and O–H groups in total. The zero-order chi connectivity index (χ0) is 15.0. The fraction of sp³-hybridized carbons (Fsp3) is 0.235. The van der Waals surface area contributed by atoms with Crippen molar-refractivity contribution in [3.63, 3.8) is 0 Å². The van der Waals surface area contributed by atoms with Crippen LogP contribution in [0.3, 0.4) is 0 Å². The molecule has 0 bridgehead atoms. The monoisotopic (exact) mass is 306 g/mol. The zero-order valence-corrected chi connectivity index (χ0v) is 13.6. The molecule has 0 unspecified atom stereocenters. The Bertz CT molecular complexity index is 521. The first kappa shape index (κ1) is 19.3. The van der Waals surface area contributed by atoms with Crippen molar-refractivity contribution in [3.8, 4) is 0 Å². The largest absolute Gasteiger partial charge is 0.326 e. The lowest BCUT2D eigenvalue weighted by Crippen LogP contribution is -2.02. The maximum atomic E-state index is 12.0. The molecule has 0 aliphatic heterocycles. The second kappa shape index (κ2) is 10.1. The van der Waals surface area contributed by atoms with Gasteiger partial charge in [-0.1, -0.05) is 54.6 Å². The van der Waals surface area contributed by atoms with Crippen molar-refractivity contribution in [1.82, 2.24) is 4.90 Å². The number of carbonyl (C=O) groups excluding carboxylic acids is 1. The van der Waals surface area contributed by atoms with Gasteiger partial charge in [0, 0.05) is 17.7 Å². The molecule has 0 aliphatic carbocycles. The summed E-state index contributed by atoms with van der Waals surface area (Å²) in [4.78, 5) is 14.0. The molecule has 4 heteroatoms. The van der Waals surface area contributed by atoms with Crippen molar-refractivity contribution in [2.75, 3.05) is 21.1 Å². The third kappa shape index (κ3) is 7.04. The van der Waals surface area contributed by atoms with E-state index in [1.807, 2.05) is 80.6 Å². The van der Waals surface area contributed by atoms with E-state index in [0.717, 1.165) is 5.56 Å². The van der Waals surface area contributed by atoms with E-state index in [-0.39, 0.29) is 18.2 Å². The van der Waals surface area contributed by atoms with Crippen LogP contribution in [0.5, 0.6) is 0 Å². The Balaban J connectivity index is 0.000000715. The summed E-state index contributed by atoms with van der Waals surface area (Å²) in [5.41, 5.74) is 7.94. The molecule has 0 saturated heterocycles. The molecule has 0 aromatic heterocycles. The molecule has 0 amide bonds. The van der Waals surface area contributed by atoms with Crippen LogP contribution in [0.4, 0.5) is 0 Å². The van der Waals surface area contributed by atoms with Crippen molar-refractivity contribution in [2.24, 2.45) is 5.73 Å². The van der Waals surface area contributed by atoms with Gasteiger partial charge in [-0.25, -0.2) is 0 Å². The van der Waals surface area contributed by atoms with Gasteiger partial charge in [-0.05, 0) is 26.7 Å². The lowest BCUT2D eigenvalue weighted by Gasteiger charge is -2.02. The van der Waals surface area contributed by atoms with Crippen LogP contribution in [0, 0.1) is 0 Å². The number of nitrogens with two attached hydrogens (primary N) is 1. The van der Waals surface area contributed by atoms with E-state index >= 15 is 0 Å². The molecule has 114 valence electrons. The Kier molecular flexibility index (Phi) is 9.30. The first-order valence-electron chi connectivity index (χ1n) is 6.54. The smallest absolute Gasteiger partial charge is 0.193 e. The van der Waals surface area contributed by atoms with Crippen LogP contribution in [0.2, 0.25) is 0 Å². The minimum Gasteiger partial charge on any atom is -0.326 e. The third-order valence-electron chi connectivity index (χ3n) is 2.49. The van der Waals surface area contributed by atoms with Crippen molar-refractivity contribution >= 4 is 18.2 Å². The van der Waals surface area contributed by atoms with Crippen LogP contribution >= 0.6 is 12.4 Å². The molecule has 0 atom stereocenters. The molecular formula is C17H23ClN2O. The molecule has 2 aromatic carbocycles. The van der Waals surface area contributed by atoms with Crippen LogP contribution < -0.4 is 5.73 Å². The van der Waals surface area contributed by atoms with Gasteiger partial charge >= 0.3 is 0 Å². The van der Waals surface area contributed by atoms with E-state index in [1.165, 1.54) is 0 Å². The summed E-state index contributed by atoms with van der Waals surface area (Å²) < 4.78 is 0. The van der Waals surface area contributed by atoms with Gasteiger partial charge in [0.1, 0.15) is 0 Å². The SMILES string of the molecule is CN(C)C.Cl.NCc1ccc(C(=O)c2ccccc2)cc1. The highest BCUT2D eigenvalue weighted by Gasteiger charge is 2.07. The fourth-order valence-corrected chi connectivity index (χ4v) is 1.55. The van der Waals surface area contributed by atoms with E-state index in [9.17, 15) is 4.79 Å². The number of nitrogens with zero attached hydrogens (tertiary/aromatic N) is 1. The molecular weight excluding hydrogens is 284 g/mol. The van der Waals surface area contributed by atoms with Gasteiger partial charge in [0.25, 0.3) is 0 Å². The van der Waals surface area contributed by atoms with Gasteiger partial charge < -0.3 is 10.6 Å². The van der Waals surface area contributed by atoms with Crippen LogP contribution in [0.15, 0.2) is 54.6 Å². The lowest BCUT2D eigenvalue weighted by molar-refractivity contribution is 0.103. The van der Waals surface area contributed by atoms with E-state index in [4.69, 9.17) is 5.73 Å². The first-order chi connectivity index (χ1) is 9.54. The number of hydrogen-bond donors (Lipinski definition) is 1.